The number of aromatic hydroxyl groups is 2. The second kappa shape index (κ2) is 8.17. The Morgan fingerprint density at radius 2 is 2.07 bits per heavy atom. The summed E-state index contributed by atoms with van der Waals surface area (Å²) in [6.45, 7) is 0.606. The van der Waals surface area contributed by atoms with E-state index in [1.165, 1.54) is 20.3 Å². The highest BCUT2D eigenvalue weighted by Crippen LogP contribution is 2.32. The molecule has 0 saturated carbocycles. The molecule has 0 bridgehead atoms. The average molecular weight is 390 g/mol. The molecule has 2 heterocycles. The van der Waals surface area contributed by atoms with Gasteiger partial charge < -0.3 is 25.1 Å². The molecule has 0 saturated heterocycles. The SMILES string of the molecule is COCCCn1c(O)c(C2=NN[C@@H](c3ccc(O)c(OC)c3)C2)c(=O)[nH]c1=O. The molecule has 3 rings (SSSR count). The lowest BCUT2D eigenvalue weighted by Crippen LogP contribution is -2.34. The van der Waals surface area contributed by atoms with Crippen LogP contribution in [0.3, 0.4) is 0 Å². The molecule has 0 spiro atoms. The number of hydrazone groups is 1. The zero-order valence-corrected chi connectivity index (χ0v) is 15.6. The molecule has 2 aromatic rings. The largest absolute Gasteiger partial charge is 0.504 e. The van der Waals surface area contributed by atoms with Crippen LogP contribution in [0.2, 0.25) is 0 Å². The Morgan fingerprint density at radius 1 is 1.29 bits per heavy atom. The number of H-pyrrole nitrogens is 1. The highest BCUT2D eigenvalue weighted by Gasteiger charge is 2.27. The van der Waals surface area contributed by atoms with E-state index < -0.39 is 17.1 Å². The molecule has 0 unspecified atom stereocenters. The number of nitrogens with zero attached hydrogens (tertiary/aromatic N) is 2. The number of benzene rings is 1. The van der Waals surface area contributed by atoms with Gasteiger partial charge in [0.05, 0.1) is 18.9 Å². The van der Waals surface area contributed by atoms with Crippen LogP contribution in [0.15, 0.2) is 32.9 Å². The van der Waals surface area contributed by atoms with Crippen LogP contribution in [0.25, 0.3) is 0 Å². The van der Waals surface area contributed by atoms with Crippen molar-refractivity contribution in [1.29, 1.82) is 0 Å². The number of nitrogens with one attached hydrogen (secondary N) is 2. The fourth-order valence-electron chi connectivity index (χ4n) is 3.10. The van der Waals surface area contributed by atoms with Gasteiger partial charge in [0, 0.05) is 26.7 Å². The lowest BCUT2D eigenvalue weighted by Gasteiger charge is -2.13. The van der Waals surface area contributed by atoms with E-state index in [0.717, 1.165) is 10.1 Å². The fourth-order valence-corrected chi connectivity index (χ4v) is 3.10. The molecule has 10 nitrogen and oxygen atoms in total. The topological polar surface area (TPSA) is 138 Å². The third-order valence-electron chi connectivity index (χ3n) is 4.55. The van der Waals surface area contributed by atoms with Crippen LogP contribution in [-0.2, 0) is 11.3 Å². The number of aromatic nitrogens is 2. The van der Waals surface area contributed by atoms with Crippen molar-refractivity contribution >= 4 is 5.71 Å². The first-order chi connectivity index (χ1) is 13.5. The number of phenolic OH excluding ortho intramolecular Hbond substituents is 1. The van der Waals surface area contributed by atoms with Crippen LogP contribution >= 0.6 is 0 Å². The van der Waals surface area contributed by atoms with Crippen molar-refractivity contribution < 1.29 is 19.7 Å². The van der Waals surface area contributed by atoms with Crippen LogP contribution < -0.4 is 21.4 Å². The van der Waals surface area contributed by atoms with Crippen LogP contribution in [0.1, 0.15) is 30.0 Å². The summed E-state index contributed by atoms with van der Waals surface area (Å²) in [6, 6.07) is 4.61. The van der Waals surface area contributed by atoms with Crippen molar-refractivity contribution in [1.82, 2.24) is 15.0 Å². The van der Waals surface area contributed by atoms with Gasteiger partial charge in [0.15, 0.2) is 11.5 Å². The molecule has 1 atom stereocenters. The summed E-state index contributed by atoms with van der Waals surface area (Å²) in [5.74, 6) is -0.0860. The normalized spacial score (nSPS) is 15.9. The van der Waals surface area contributed by atoms with E-state index in [2.05, 4.69) is 15.5 Å². The predicted octanol–water partition coefficient (Wildman–Crippen LogP) is 0.432. The predicted molar refractivity (Wildman–Crippen MR) is 101 cm³/mol. The summed E-state index contributed by atoms with van der Waals surface area (Å²) >= 11 is 0. The van der Waals surface area contributed by atoms with E-state index in [1.54, 1.807) is 12.1 Å². The van der Waals surface area contributed by atoms with E-state index >= 15 is 0 Å². The Bertz CT molecular complexity index is 1010. The Hall–Kier alpha value is -3.27. The van der Waals surface area contributed by atoms with Gasteiger partial charge in [0.2, 0.25) is 5.88 Å². The summed E-state index contributed by atoms with van der Waals surface area (Å²) in [5.41, 5.74) is 2.60. The van der Waals surface area contributed by atoms with Gasteiger partial charge in [-0.05, 0) is 24.1 Å². The monoisotopic (exact) mass is 390 g/mol. The summed E-state index contributed by atoms with van der Waals surface area (Å²) < 4.78 is 11.2. The first kappa shape index (κ1) is 19.5. The number of hydrogen-bond acceptors (Lipinski definition) is 8. The van der Waals surface area contributed by atoms with Crippen LogP contribution in [0.5, 0.6) is 17.4 Å². The molecule has 28 heavy (non-hydrogen) atoms. The molecule has 1 aromatic carbocycles. The summed E-state index contributed by atoms with van der Waals surface area (Å²) in [5, 5.41) is 24.4. The standard InChI is InChI=1S/C18H22N4O6/c1-27-7-3-6-22-17(25)15(16(24)19-18(22)26)12-9-11(20-21-12)10-4-5-13(23)14(8-10)28-2/h4-5,8,11,20,23,25H,3,6-7,9H2,1-2H3,(H,19,24,26)/t11-/m1/s1. The highest BCUT2D eigenvalue weighted by atomic mass is 16.5. The maximum Gasteiger partial charge on any atom is 0.331 e. The first-order valence-corrected chi connectivity index (χ1v) is 8.70. The van der Waals surface area contributed by atoms with Crippen molar-refractivity contribution in [2.75, 3.05) is 20.8 Å². The molecule has 10 heteroatoms. The Kier molecular flexibility index (Phi) is 5.69. The molecule has 0 aliphatic carbocycles. The second-order valence-corrected chi connectivity index (χ2v) is 6.33. The summed E-state index contributed by atoms with van der Waals surface area (Å²) in [7, 11) is 2.99. The van der Waals surface area contributed by atoms with E-state index in [-0.39, 0.29) is 23.9 Å². The molecular weight excluding hydrogens is 368 g/mol. The maximum atomic E-state index is 12.3. The third kappa shape index (κ3) is 3.72. The average Bonchev–Trinajstić information content (AvgIpc) is 3.14. The van der Waals surface area contributed by atoms with Gasteiger partial charge in [-0.2, -0.15) is 5.10 Å². The zero-order valence-electron chi connectivity index (χ0n) is 15.6. The molecule has 150 valence electrons. The fraction of sp³-hybridized carbons (Fsp3) is 0.389. The third-order valence-corrected chi connectivity index (χ3v) is 4.55. The van der Waals surface area contributed by atoms with E-state index in [9.17, 15) is 19.8 Å². The van der Waals surface area contributed by atoms with Gasteiger partial charge in [0.1, 0.15) is 5.56 Å². The number of ether oxygens (including phenoxy) is 2. The second-order valence-electron chi connectivity index (χ2n) is 6.33. The van der Waals surface area contributed by atoms with Crippen LogP contribution in [0, 0.1) is 0 Å². The minimum absolute atomic E-state index is 0.0163. The molecule has 0 radical (unpaired) electrons. The molecule has 1 aliphatic heterocycles. The van der Waals surface area contributed by atoms with Crippen molar-refractivity contribution in [2.45, 2.75) is 25.4 Å². The molecule has 1 aliphatic rings. The summed E-state index contributed by atoms with van der Waals surface area (Å²) in [4.78, 5) is 26.5. The van der Waals surface area contributed by atoms with Crippen LogP contribution in [-0.4, -0.2) is 46.3 Å². The maximum absolute atomic E-state index is 12.3. The lowest BCUT2D eigenvalue weighted by atomic mass is 9.99. The Morgan fingerprint density at radius 3 is 2.79 bits per heavy atom. The van der Waals surface area contributed by atoms with Gasteiger partial charge in [0.25, 0.3) is 5.56 Å². The quantitative estimate of drug-likeness (QED) is 0.503. The number of aromatic amines is 1. The number of hydrogen-bond donors (Lipinski definition) is 4. The zero-order chi connectivity index (χ0) is 20.3. The molecule has 4 N–H and O–H groups in total. The van der Waals surface area contributed by atoms with Crippen molar-refractivity contribution in [2.24, 2.45) is 5.10 Å². The van der Waals surface area contributed by atoms with E-state index in [0.29, 0.717) is 30.9 Å². The Balaban J connectivity index is 1.88. The lowest BCUT2D eigenvalue weighted by molar-refractivity contribution is 0.188. The Labute approximate surface area is 160 Å². The molecule has 1 aromatic heterocycles. The number of methoxy groups -OCH3 is 2. The van der Waals surface area contributed by atoms with Gasteiger partial charge in [-0.25, -0.2) is 4.79 Å². The minimum atomic E-state index is -0.699. The van der Waals surface area contributed by atoms with Crippen LogP contribution in [0.4, 0.5) is 0 Å². The molecule has 0 fully saturated rings. The number of phenols is 1. The van der Waals surface area contributed by atoms with E-state index in [1.807, 2.05) is 0 Å². The minimum Gasteiger partial charge on any atom is -0.504 e. The van der Waals surface area contributed by atoms with E-state index in [4.69, 9.17) is 9.47 Å². The highest BCUT2D eigenvalue weighted by molar-refractivity contribution is 6.03. The number of rotatable bonds is 7. The van der Waals surface area contributed by atoms with Crippen molar-refractivity contribution in [3.63, 3.8) is 0 Å². The van der Waals surface area contributed by atoms with Crippen molar-refractivity contribution in [3.05, 3.63) is 50.2 Å². The van der Waals surface area contributed by atoms with Gasteiger partial charge in [-0.1, -0.05) is 6.07 Å². The smallest absolute Gasteiger partial charge is 0.331 e. The molecule has 0 amide bonds. The van der Waals surface area contributed by atoms with Gasteiger partial charge >= 0.3 is 5.69 Å². The van der Waals surface area contributed by atoms with Gasteiger partial charge in [-0.3, -0.25) is 14.3 Å². The first-order valence-electron chi connectivity index (χ1n) is 8.70. The summed E-state index contributed by atoms with van der Waals surface area (Å²) in [6.07, 6.45) is 0.803. The van der Waals surface area contributed by atoms with Gasteiger partial charge in [-0.15, -0.1) is 0 Å². The van der Waals surface area contributed by atoms with Crippen molar-refractivity contribution in [3.8, 4) is 17.4 Å². The molecular formula is C18H22N4O6.